The molecule has 0 aromatic carbocycles. The zero-order valence-corrected chi connectivity index (χ0v) is 9.71. The van der Waals surface area contributed by atoms with E-state index in [4.69, 9.17) is 5.73 Å². The summed E-state index contributed by atoms with van der Waals surface area (Å²) in [5, 5.41) is 8.84. The molecule has 0 saturated heterocycles. The van der Waals surface area contributed by atoms with Gasteiger partial charge in [0.25, 0.3) is 0 Å². The van der Waals surface area contributed by atoms with E-state index in [1.54, 1.807) is 17.7 Å². The summed E-state index contributed by atoms with van der Waals surface area (Å²) in [6, 6.07) is 2.11. The third-order valence-corrected chi connectivity index (χ3v) is 3.47. The lowest BCUT2D eigenvalue weighted by Gasteiger charge is -2.01. The Labute approximate surface area is 92.8 Å². The zero-order chi connectivity index (χ0) is 10.8. The Balaban J connectivity index is 2.48. The highest BCUT2D eigenvalue weighted by Gasteiger charge is 2.12. The Kier molecular flexibility index (Phi) is 2.73. The first-order valence-corrected chi connectivity index (χ1v) is 5.84. The van der Waals surface area contributed by atoms with Crippen molar-refractivity contribution in [2.75, 3.05) is 5.73 Å². The number of nitrogens with two attached hydrogens (primary N) is 1. The molecule has 0 aliphatic carbocycles. The SMILES string of the molecule is CCc1cc(-c2nncn2CC)c(N)s1. The normalized spacial score (nSPS) is 10.8. The van der Waals surface area contributed by atoms with Crippen LogP contribution in [0, 0.1) is 0 Å². The average molecular weight is 222 g/mol. The number of anilines is 1. The molecule has 4 nitrogen and oxygen atoms in total. The molecule has 2 heterocycles. The highest BCUT2D eigenvalue weighted by molar-refractivity contribution is 7.16. The molecular formula is C10H14N4S. The van der Waals surface area contributed by atoms with Crippen molar-refractivity contribution < 1.29 is 0 Å². The van der Waals surface area contributed by atoms with Gasteiger partial charge in [0, 0.05) is 11.4 Å². The van der Waals surface area contributed by atoms with Crippen molar-refractivity contribution in [3.8, 4) is 11.4 Å². The smallest absolute Gasteiger partial charge is 0.166 e. The summed E-state index contributed by atoms with van der Waals surface area (Å²) >= 11 is 1.63. The first kappa shape index (κ1) is 10.2. The van der Waals surface area contributed by atoms with Crippen LogP contribution in [-0.2, 0) is 13.0 Å². The topological polar surface area (TPSA) is 56.7 Å². The standard InChI is InChI=1S/C10H14N4S/c1-3-7-5-8(9(11)15-7)10-13-12-6-14(10)4-2/h5-6H,3-4,11H2,1-2H3. The first-order valence-electron chi connectivity index (χ1n) is 5.02. The third kappa shape index (κ3) is 1.74. The number of aromatic nitrogens is 3. The highest BCUT2D eigenvalue weighted by atomic mass is 32.1. The fourth-order valence-electron chi connectivity index (χ4n) is 1.50. The van der Waals surface area contributed by atoms with E-state index in [0.29, 0.717) is 0 Å². The number of hydrogen-bond acceptors (Lipinski definition) is 4. The zero-order valence-electron chi connectivity index (χ0n) is 8.90. The lowest BCUT2D eigenvalue weighted by atomic mass is 10.2. The van der Waals surface area contributed by atoms with Crippen LogP contribution in [0.4, 0.5) is 5.00 Å². The first-order chi connectivity index (χ1) is 7.26. The van der Waals surface area contributed by atoms with Crippen LogP contribution < -0.4 is 5.73 Å². The van der Waals surface area contributed by atoms with Gasteiger partial charge >= 0.3 is 0 Å². The second-order valence-corrected chi connectivity index (χ2v) is 4.45. The number of nitrogens with zero attached hydrogens (tertiary/aromatic N) is 3. The molecule has 80 valence electrons. The predicted molar refractivity (Wildman–Crippen MR) is 62.8 cm³/mol. The highest BCUT2D eigenvalue weighted by Crippen LogP contribution is 2.32. The van der Waals surface area contributed by atoms with E-state index in [2.05, 4.69) is 30.1 Å². The molecule has 0 aliphatic rings. The van der Waals surface area contributed by atoms with Gasteiger partial charge in [-0.25, -0.2) is 0 Å². The summed E-state index contributed by atoms with van der Waals surface area (Å²) in [5.74, 6) is 0.867. The summed E-state index contributed by atoms with van der Waals surface area (Å²) in [6.45, 7) is 5.05. The largest absolute Gasteiger partial charge is 0.390 e. The van der Waals surface area contributed by atoms with Crippen LogP contribution in [-0.4, -0.2) is 14.8 Å². The minimum absolute atomic E-state index is 0.828. The van der Waals surface area contributed by atoms with Gasteiger partial charge < -0.3 is 10.3 Å². The van der Waals surface area contributed by atoms with Crippen molar-refractivity contribution >= 4 is 16.3 Å². The molecule has 0 radical (unpaired) electrons. The summed E-state index contributed by atoms with van der Waals surface area (Å²) in [6.07, 6.45) is 2.74. The molecule has 0 fully saturated rings. The summed E-state index contributed by atoms with van der Waals surface area (Å²) in [5.41, 5.74) is 6.98. The number of rotatable bonds is 3. The van der Waals surface area contributed by atoms with Crippen LogP contribution in [0.1, 0.15) is 18.7 Å². The molecule has 2 aromatic rings. The Morgan fingerprint density at radius 1 is 1.47 bits per heavy atom. The molecule has 0 saturated carbocycles. The molecular weight excluding hydrogens is 208 g/mol. The van der Waals surface area contributed by atoms with Crippen molar-refractivity contribution in [3.05, 3.63) is 17.3 Å². The maximum Gasteiger partial charge on any atom is 0.166 e. The van der Waals surface area contributed by atoms with Gasteiger partial charge in [-0.05, 0) is 19.4 Å². The fourth-order valence-corrected chi connectivity index (χ4v) is 2.37. The minimum Gasteiger partial charge on any atom is -0.390 e. The number of thiophene rings is 1. The summed E-state index contributed by atoms with van der Waals surface area (Å²) in [4.78, 5) is 1.29. The van der Waals surface area contributed by atoms with Gasteiger partial charge in [-0.3, -0.25) is 0 Å². The lowest BCUT2D eigenvalue weighted by molar-refractivity contribution is 0.767. The number of nitrogen functional groups attached to an aromatic ring is 1. The molecule has 2 rings (SSSR count). The maximum absolute atomic E-state index is 5.97. The second-order valence-electron chi connectivity index (χ2n) is 3.28. The molecule has 0 amide bonds. The fraction of sp³-hybridized carbons (Fsp3) is 0.400. The van der Waals surface area contributed by atoms with E-state index in [0.717, 1.165) is 29.4 Å². The van der Waals surface area contributed by atoms with Crippen molar-refractivity contribution in [2.45, 2.75) is 26.8 Å². The molecule has 5 heteroatoms. The molecule has 2 N–H and O–H groups in total. The van der Waals surface area contributed by atoms with Gasteiger partial charge in [0.2, 0.25) is 0 Å². The Morgan fingerprint density at radius 3 is 2.87 bits per heavy atom. The quantitative estimate of drug-likeness (QED) is 0.866. The van der Waals surface area contributed by atoms with E-state index < -0.39 is 0 Å². The van der Waals surface area contributed by atoms with Crippen LogP contribution in [0.2, 0.25) is 0 Å². The second kappa shape index (κ2) is 4.02. The van der Waals surface area contributed by atoms with Crippen LogP contribution in [0.5, 0.6) is 0 Å². The Morgan fingerprint density at radius 2 is 2.27 bits per heavy atom. The van der Waals surface area contributed by atoms with Crippen molar-refractivity contribution in [2.24, 2.45) is 0 Å². The van der Waals surface area contributed by atoms with Gasteiger partial charge in [0.15, 0.2) is 5.82 Å². The van der Waals surface area contributed by atoms with E-state index in [-0.39, 0.29) is 0 Å². The lowest BCUT2D eigenvalue weighted by Crippen LogP contribution is -1.96. The third-order valence-electron chi connectivity index (χ3n) is 2.36. The molecule has 0 unspecified atom stereocenters. The van der Waals surface area contributed by atoms with Crippen molar-refractivity contribution in [1.29, 1.82) is 0 Å². The van der Waals surface area contributed by atoms with Gasteiger partial charge in [-0.2, -0.15) is 0 Å². The maximum atomic E-state index is 5.97. The molecule has 0 atom stereocenters. The van der Waals surface area contributed by atoms with E-state index in [1.165, 1.54) is 4.88 Å². The Hall–Kier alpha value is -1.36. The van der Waals surface area contributed by atoms with Gasteiger partial charge in [-0.15, -0.1) is 21.5 Å². The van der Waals surface area contributed by atoms with E-state index in [9.17, 15) is 0 Å². The molecule has 0 aliphatic heterocycles. The van der Waals surface area contributed by atoms with Crippen LogP contribution >= 0.6 is 11.3 Å². The number of hydrogen-bond donors (Lipinski definition) is 1. The molecule has 0 spiro atoms. The summed E-state index contributed by atoms with van der Waals surface area (Å²) in [7, 11) is 0. The van der Waals surface area contributed by atoms with Gasteiger partial charge in [-0.1, -0.05) is 6.92 Å². The van der Waals surface area contributed by atoms with Gasteiger partial charge in [0.05, 0.1) is 10.6 Å². The van der Waals surface area contributed by atoms with E-state index >= 15 is 0 Å². The molecule has 15 heavy (non-hydrogen) atoms. The minimum atomic E-state index is 0.828. The monoisotopic (exact) mass is 222 g/mol. The Bertz CT molecular complexity index is 458. The van der Waals surface area contributed by atoms with Crippen molar-refractivity contribution in [1.82, 2.24) is 14.8 Å². The number of aryl methyl sites for hydroxylation is 2. The average Bonchev–Trinajstić information content (AvgIpc) is 2.82. The van der Waals surface area contributed by atoms with Crippen LogP contribution in [0.25, 0.3) is 11.4 Å². The summed E-state index contributed by atoms with van der Waals surface area (Å²) < 4.78 is 2.00. The van der Waals surface area contributed by atoms with Crippen LogP contribution in [0.15, 0.2) is 12.4 Å². The van der Waals surface area contributed by atoms with Crippen LogP contribution in [0.3, 0.4) is 0 Å². The van der Waals surface area contributed by atoms with Gasteiger partial charge in [0.1, 0.15) is 6.33 Å². The van der Waals surface area contributed by atoms with E-state index in [1.807, 2.05) is 4.57 Å². The predicted octanol–water partition coefficient (Wildman–Crippen LogP) is 2.17. The van der Waals surface area contributed by atoms with Crippen molar-refractivity contribution in [3.63, 3.8) is 0 Å². The molecule has 0 bridgehead atoms. The molecule has 2 aromatic heterocycles.